The Morgan fingerprint density at radius 2 is 2.08 bits per heavy atom. The van der Waals surface area contributed by atoms with E-state index in [0.717, 1.165) is 29.8 Å². The number of carbonyl (C=O) groups is 1. The fourth-order valence-corrected chi connectivity index (χ4v) is 4.15. The van der Waals surface area contributed by atoms with Crippen LogP contribution in [-0.2, 0) is 0 Å². The number of nitrogens with one attached hydrogen (secondary N) is 2. The van der Waals surface area contributed by atoms with E-state index in [1.54, 1.807) is 30.1 Å². The normalized spacial score (nSPS) is 21.7. The Morgan fingerprint density at radius 1 is 1.31 bits per heavy atom. The molecule has 1 aromatic heterocycles. The summed E-state index contributed by atoms with van der Waals surface area (Å²) in [5.74, 6) is 1.48. The maximum atomic E-state index is 12.3. The number of rotatable bonds is 7. The first-order valence-corrected chi connectivity index (χ1v) is 9.97. The molecule has 3 N–H and O–H groups in total. The Balaban J connectivity index is 1.54. The molecule has 0 saturated heterocycles. The predicted octanol–water partition coefficient (Wildman–Crippen LogP) is 3.70. The number of aryl methyl sites for hydroxylation is 1. The largest absolute Gasteiger partial charge is 0.387 e. The maximum Gasteiger partial charge on any atom is 0.257 e. The minimum atomic E-state index is -0.663. The van der Waals surface area contributed by atoms with Crippen LogP contribution in [0.3, 0.4) is 0 Å². The van der Waals surface area contributed by atoms with Crippen LogP contribution in [0.4, 0.5) is 11.5 Å². The van der Waals surface area contributed by atoms with Crippen molar-refractivity contribution in [2.45, 2.75) is 37.5 Å². The van der Waals surface area contributed by atoms with Crippen molar-refractivity contribution >= 4 is 29.2 Å². The molecule has 2 unspecified atom stereocenters. The van der Waals surface area contributed by atoms with Gasteiger partial charge in [0.05, 0.1) is 11.2 Å². The first-order chi connectivity index (χ1) is 12.5. The van der Waals surface area contributed by atoms with Gasteiger partial charge in [0.2, 0.25) is 0 Å². The van der Waals surface area contributed by atoms with E-state index in [9.17, 15) is 9.90 Å². The SMILES string of the molecule is CCSC1CCC1(O)CNc1ccc(C(=O)Nc2ccc(C)cc2)cn1. The molecule has 1 aliphatic carbocycles. The number of thioether (sulfide) groups is 1. The van der Waals surface area contributed by atoms with Crippen LogP contribution in [0.2, 0.25) is 0 Å². The first-order valence-electron chi connectivity index (χ1n) is 8.92. The van der Waals surface area contributed by atoms with Crippen molar-refractivity contribution < 1.29 is 9.90 Å². The van der Waals surface area contributed by atoms with Gasteiger partial charge in [-0.05, 0) is 49.8 Å². The number of benzene rings is 1. The van der Waals surface area contributed by atoms with Gasteiger partial charge in [-0.25, -0.2) is 4.98 Å². The third-order valence-corrected chi connectivity index (χ3v) is 6.13. The molecule has 1 aliphatic rings. The van der Waals surface area contributed by atoms with Crippen LogP contribution >= 0.6 is 11.8 Å². The summed E-state index contributed by atoms with van der Waals surface area (Å²) in [6, 6.07) is 11.2. The monoisotopic (exact) mass is 371 g/mol. The van der Waals surface area contributed by atoms with E-state index in [1.807, 2.05) is 31.2 Å². The molecule has 0 aliphatic heterocycles. The quantitative estimate of drug-likeness (QED) is 0.692. The molecule has 5 nitrogen and oxygen atoms in total. The van der Waals surface area contributed by atoms with Gasteiger partial charge in [0.1, 0.15) is 5.82 Å². The van der Waals surface area contributed by atoms with Gasteiger partial charge in [-0.15, -0.1) is 0 Å². The third kappa shape index (κ3) is 4.37. The molecule has 2 aromatic rings. The summed E-state index contributed by atoms with van der Waals surface area (Å²) in [6.07, 6.45) is 3.42. The predicted molar refractivity (Wildman–Crippen MR) is 108 cm³/mol. The molecule has 0 spiro atoms. The number of pyridine rings is 1. The number of aromatic nitrogens is 1. The first kappa shape index (κ1) is 18.7. The van der Waals surface area contributed by atoms with Gasteiger partial charge in [0, 0.05) is 23.7 Å². The highest BCUT2D eigenvalue weighted by molar-refractivity contribution is 8.00. The van der Waals surface area contributed by atoms with Gasteiger partial charge in [-0.1, -0.05) is 24.6 Å². The number of aliphatic hydroxyl groups is 1. The van der Waals surface area contributed by atoms with Gasteiger partial charge in [-0.3, -0.25) is 4.79 Å². The molecule has 6 heteroatoms. The third-order valence-electron chi connectivity index (χ3n) is 4.72. The van der Waals surface area contributed by atoms with Crippen molar-refractivity contribution in [1.82, 2.24) is 4.98 Å². The zero-order valence-electron chi connectivity index (χ0n) is 15.2. The summed E-state index contributed by atoms with van der Waals surface area (Å²) >= 11 is 1.80. The van der Waals surface area contributed by atoms with Crippen molar-refractivity contribution in [1.29, 1.82) is 0 Å². The summed E-state index contributed by atoms with van der Waals surface area (Å²) in [5, 5.41) is 17.0. The summed E-state index contributed by atoms with van der Waals surface area (Å²) < 4.78 is 0. The average molecular weight is 372 g/mol. The average Bonchev–Trinajstić information content (AvgIpc) is 2.65. The molecular weight excluding hydrogens is 346 g/mol. The molecule has 1 fully saturated rings. The molecule has 1 saturated carbocycles. The van der Waals surface area contributed by atoms with E-state index in [-0.39, 0.29) is 5.91 Å². The Bertz CT molecular complexity index is 749. The summed E-state index contributed by atoms with van der Waals surface area (Å²) in [7, 11) is 0. The Kier molecular flexibility index (Phi) is 5.84. The molecule has 138 valence electrons. The van der Waals surface area contributed by atoms with Gasteiger partial charge in [0.15, 0.2) is 0 Å². The van der Waals surface area contributed by atoms with Crippen LogP contribution in [0.5, 0.6) is 0 Å². The second kappa shape index (κ2) is 8.10. The van der Waals surface area contributed by atoms with Gasteiger partial charge in [0.25, 0.3) is 5.91 Å². The van der Waals surface area contributed by atoms with Gasteiger partial charge < -0.3 is 15.7 Å². The highest BCUT2D eigenvalue weighted by atomic mass is 32.2. The van der Waals surface area contributed by atoms with E-state index in [1.165, 1.54) is 0 Å². The summed E-state index contributed by atoms with van der Waals surface area (Å²) in [5.41, 5.74) is 1.74. The molecule has 1 heterocycles. The zero-order valence-corrected chi connectivity index (χ0v) is 16.0. The van der Waals surface area contributed by atoms with Crippen LogP contribution in [0, 0.1) is 6.92 Å². The molecule has 0 radical (unpaired) electrons. The van der Waals surface area contributed by atoms with E-state index < -0.39 is 5.60 Å². The Hall–Kier alpha value is -2.05. The smallest absolute Gasteiger partial charge is 0.257 e. The topological polar surface area (TPSA) is 74.2 Å². The number of hydrogen-bond acceptors (Lipinski definition) is 5. The Labute approximate surface area is 158 Å². The van der Waals surface area contributed by atoms with Crippen molar-refractivity contribution in [3.05, 3.63) is 53.7 Å². The molecule has 1 amide bonds. The highest BCUT2D eigenvalue weighted by Crippen LogP contribution is 2.41. The fraction of sp³-hybridized carbons (Fsp3) is 0.400. The van der Waals surface area contributed by atoms with E-state index in [2.05, 4.69) is 22.5 Å². The van der Waals surface area contributed by atoms with E-state index in [4.69, 9.17) is 0 Å². The number of nitrogens with zero attached hydrogens (tertiary/aromatic N) is 1. The van der Waals surface area contributed by atoms with Crippen LogP contribution < -0.4 is 10.6 Å². The van der Waals surface area contributed by atoms with Gasteiger partial charge >= 0.3 is 0 Å². The maximum absolute atomic E-state index is 12.3. The van der Waals surface area contributed by atoms with Crippen LogP contribution in [0.1, 0.15) is 35.7 Å². The Morgan fingerprint density at radius 3 is 2.65 bits per heavy atom. The summed E-state index contributed by atoms with van der Waals surface area (Å²) in [4.78, 5) is 16.6. The number of amides is 1. The standard InChI is InChI=1S/C20H25N3O2S/c1-3-26-17-10-11-20(17,25)13-22-18-9-6-15(12-21-18)19(24)23-16-7-4-14(2)5-8-16/h4-9,12,17,25H,3,10-11,13H2,1-2H3,(H,21,22)(H,23,24). The number of carbonyl (C=O) groups excluding carboxylic acids is 1. The lowest BCUT2D eigenvalue weighted by molar-refractivity contribution is -0.0120. The minimum Gasteiger partial charge on any atom is -0.387 e. The summed E-state index contributed by atoms with van der Waals surface area (Å²) in [6.45, 7) is 4.59. The molecule has 0 bridgehead atoms. The van der Waals surface area contributed by atoms with Crippen LogP contribution in [-0.4, -0.2) is 39.1 Å². The van der Waals surface area contributed by atoms with Crippen molar-refractivity contribution in [2.75, 3.05) is 22.9 Å². The van der Waals surface area contributed by atoms with Crippen molar-refractivity contribution in [3.8, 4) is 0 Å². The minimum absolute atomic E-state index is 0.190. The lowest BCUT2D eigenvalue weighted by Crippen LogP contribution is -2.54. The van der Waals surface area contributed by atoms with Crippen LogP contribution in [0.25, 0.3) is 0 Å². The lowest BCUT2D eigenvalue weighted by Gasteiger charge is -2.45. The second-order valence-electron chi connectivity index (χ2n) is 6.69. The second-order valence-corrected chi connectivity index (χ2v) is 8.17. The van der Waals surface area contributed by atoms with Crippen molar-refractivity contribution in [3.63, 3.8) is 0 Å². The van der Waals surface area contributed by atoms with E-state index >= 15 is 0 Å². The number of hydrogen-bond donors (Lipinski definition) is 3. The molecule has 1 aromatic carbocycles. The molecule has 26 heavy (non-hydrogen) atoms. The molecule has 2 atom stereocenters. The highest BCUT2D eigenvalue weighted by Gasteiger charge is 2.44. The lowest BCUT2D eigenvalue weighted by atomic mass is 9.79. The van der Waals surface area contributed by atoms with Crippen molar-refractivity contribution in [2.24, 2.45) is 0 Å². The fourth-order valence-electron chi connectivity index (χ4n) is 2.95. The van der Waals surface area contributed by atoms with Gasteiger partial charge in [-0.2, -0.15) is 11.8 Å². The van der Waals surface area contributed by atoms with E-state index in [0.29, 0.717) is 23.2 Å². The molecular formula is C20H25N3O2S. The zero-order chi connectivity index (χ0) is 18.6. The molecule has 3 rings (SSSR count). The van der Waals surface area contributed by atoms with Crippen LogP contribution in [0.15, 0.2) is 42.6 Å². The number of anilines is 2.